The van der Waals surface area contributed by atoms with E-state index >= 15 is 0 Å². The van der Waals surface area contributed by atoms with Gasteiger partial charge in [0.15, 0.2) is 0 Å². The molecule has 1 aliphatic rings. The van der Waals surface area contributed by atoms with Crippen molar-refractivity contribution >= 4 is 11.6 Å². The SMILES string of the molecule is CC(C)OCC(=O)N1CCc2cccc(N)c2C1. The highest BCUT2D eigenvalue weighted by atomic mass is 16.5. The highest BCUT2D eigenvalue weighted by molar-refractivity contribution is 5.78. The van der Waals surface area contributed by atoms with Gasteiger partial charge in [-0.1, -0.05) is 12.1 Å². The van der Waals surface area contributed by atoms with Crippen LogP contribution in [0.5, 0.6) is 0 Å². The Bertz CT molecular complexity index is 443. The summed E-state index contributed by atoms with van der Waals surface area (Å²) in [6.45, 7) is 5.35. The lowest BCUT2D eigenvalue weighted by molar-refractivity contribution is -0.138. The molecule has 1 aromatic carbocycles. The van der Waals surface area contributed by atoms with Crippen molar-refractivity contribution in [2.24, 2.45) is 0 Å². The number of amides is 1. The molecule has 0 spiro atoms. The molecule has 0 aromatic heterocycles. The molecule has 0 radical (unpaired) electrons. The third-order valence-electron chi connectivity index (χ3n) is 3.20. The molecule has 1 heterocycles. The van der Waals surface area contributed by atoms with E-state index in [0.29, 0.717) is 6.54 Å². The summed E-state index contributed by atoms with van der Waals surface area (Å²) in [5.74, 6) is 0.0394. The molecule has 0 unspecified atom stereocenters. The Morgan fingerprint density at radius 1 is 1.50 bits per heavy atom. The lowest BCUT2D eigenvalue weighted by Gasteiger charge is -2.29. The van der Waals surface area contributed by atoms with Crippen molar-refractivity contribution in [1.29, 1.82) is 0 Å². The number of nitrogens with two attached hydrogens (primary N) is 1. The normalized spacial score (nSPS) is 14.7. The van der Waals surface area contributed by atoms with Gasteiger partial charge in [0, 0.05) is 18.8 Å². The Morgan fingerprint density at radius 2 is 2.28 bits per heavy atom. The van der Waals surface area contributed by atoms with Gasteiger partial charge < -0.3 is 15.4 Å². The van der Waals surface area contributed by atoms with Crippen LogP contribution in [-0.2, 0) is 22.5 Å². The number of anilines is 1. The van der Waals surface area contributed by atoms with Gasteiger partial charge in [-0.3, -0.25) is 4.79 Å². The third kappa shape index (κ3) is 2.82. The highest BCUT2D eigenvalue weighted by Gasteiger charge is 2.22. The van der Waals surface area contributed by atoms with Crippen LogP contribution in [0, 0.1) is 0 Å². The molecule has 0 fully saturated rings. The van der Waals surface area contributed by atoms with E-state index < -0.39 is 0 Å². The van der Waals surface area contributed by atoms with Crippen molar-refractivity contribution in [3.8, 4) is 0 Å². The molecule has 98 valence electrons. The third-order valence-corrected chi connectivity index (χ3v) is 3.20. The largest absolute Gasteiger partial charge is 0.398 e. The number of nitrogen functional groups attached to an aromatic ring is 1. The quantitative estimate of drug-likeness (QED) is 0.826. The van der Waals surface area contributed by atoms with Gasteiger partial charge in [-0.2, -0.15) is 0 Å². The molecule has 0 bridgehead atoms. The number of benzene rings is 1. The molecule has 0 saturated carbocycles. The molecular formula is C14H20N2O2. The molecule has 1 amide bonds. The Morgan fingerprint density at radius 3 is 3.00 bits per heavy atom. The van der Waals surface area contributed by atoms with E-state index in [9.17, 15) is 4.79 Å². The fourth-order valence-electron chi connectivity index (χ4n) is 2.15. The van der Waals surface area contributed by atoms with E-state index in [2.05, 4.69) is 6.07 Å². The van der Waals surface area contributed by atoms with Crippen LogP contribution in [0.1, 0.15) is 25.0 Å². The second-order valence-electron chi connectivity index (χ2n) is 4.91. The average molecular weight is 248 g/mol. The maximum absolute atomic E-state index is 12.0. The van der Waals surface area contributed by atoms with Crippen LogP contribution in [0.4, 0.5) is 5.69 Å². The topological polar surface area (TPSA) is 55.6 Å². The predicted octanol–water partition coefficient (Wildman–Crippen LogP) is 1.58. The summed E-state index contributed by atoms with van der Waals surface area (Å²) in [5.41, 5.74) is 9.07. The zero-order valence-electron chi connectivity index (χ0n) is 11.0. The molecule has 2 N–H and O–H groups in total. The average Bonchev–Trinajstić information content (AvgIpc) is 2.36. The van der Waals surface area contributed by atoms with Gasteiger partial charge in [0.05, 0.1) is 6.10 Å². The molecule has 2 rings (SSSR count). The van der Waals surface area contributed by atoms with Crippen molar-refractivity contribution in [3.63, 3.8) is 0 Å². The molecule has 0 aliphatic carbocycles. The van der Waals surface area contributed by atoms with Gasteiger partial charge in [-0.05, 0) is 37.5 Å². The lowest BCUT2D eigenvalue weighted by Crippen LogP contribution is -2.38. The first-order valence-electron chi connectivity index (χ1n) is 6.33. The number of fused-ring (bicyclic) bond motifs is 1. The molecule has 4 nitrogen and oxygen atoms in total. The minimum atomic E-state index is 0.0394. The van der Waals surface area contributed by atoms with Crippen molar-refractivity contribution < 1.29 is 9.53 Å². The van der Waals surface area contributed by atoms with Crippen molar-refractivity contribution in [1.82, 2.24) is 4.90 Å². The second kappa shape index (κ2) is 5.40. The number of carbonyl (C=O) groups excluding carboxylic acids is 1. The monoisotopic (exact) mass is 248 g/mol. The highest BCUT2D eigenvalue weighted by Crippen LogP contribution is 2.24. The first-order valence-corrected chi connectivity index (χ1v) is 6.33. The summed E-state index contributed by atoms with van der Waals surface area (Å²) in [4.78, 5) is 13.8. The number of nitrogens with zero attached hydrogens (tertiary/aromatic N) is 1. The Hall–Kier alpha value is -1.55. The number of ether oxygens (including phenoxy) is 1. The van der Waals surface area contributed by atoms with Crippen LogP contribution in [0.15, 0.2) is 18.2 Å². The molecule has 1 aromatic rings. The van der Waals surface area contributed by atoms with Gasteiger partial charge in [-0.15, -0.1) is 0 Å². The van der Waals surface area contributed by atoms with E-state index in [0.717, 1.165) is 24.2 Å². The Kier molecular flexibility index (Phi) is 3.87. The summed E-state index contributed by atoms with van der Waals surface area (Å²) in [6.07, 6.45) is 0.949. The summed E-state index contributed by atoms with van der Waals surface area (Å²) >= 11 is 0. The lowest BCUT2D eigenvalue weighted by atomic mass is 9.98. The molecule has 0 atom stereocenters. The van der Waals surface area contributed by atoms with Crippen molar-refractivity contribution in [2.45, 2.75) is 32.9 Å². The zero-order chi connectivity index (χ0) is 13.1. The number of rotatable bonds is 3. The number of carbonyl (C=O) groups is 1. The Labute approximate surface area is 108 Å². The van der Waals surface area contributed by atoms with Crippen LogP contribution in [-0.4, -0.2) is 30.1 Å². The van der Waals surface area contributed by atoms with Crippen molar-refractivity contribution in [2.75, 3.05) is 18.9 Å². The summed E-state index contributed by atoms with van der Waals surface area (Å²) in [5, 5.41) is 0. The number of hydrogen-bond acceptors (Lipinski definition) is 3. The Balaban J connectivity index is 2.03. The molecule has 18 heavy (non-hydrogen) atoms. The van der Waals surface area contributed by atoms with Crippen LogP contribution in [0.3, 0.4) is 0 Å². The standard InChI is InChI=1S/C14H20N2O2/c1-10(2)18-9-14(17)16-7-6-11-4-3-5-13(15)12(11)8-16/h3-5,10H,6-9,15H2,1-2H3. The summed E-state index contributed by atoms with van der Waals surface area (Å²) < 4.78 is 5.35. The molecule has 1 aliphatic heterocycles. The van der Waals surface area contributed by atoms with Crippen LogP contribution in [0.25, 0.3) is 0 Å². The van der Waals surface area contributed by atoms with Crippen LogP contribution in [0.2, 0.25) is 0 Å². The summed E-state index contributed by atoms with van der Waals surface area (Å²) in [7, 11) is 0. The fourth-order valence-corrected chi connectivity index (χ4v) is 2.15. The fraction of sp³-hybridized carbons (Fsp3) is 0.500. The molecular weight excluding hydrogens is 228 g/mol. The maximum Gasteiger partial charge on any atom is 0.248 e. The maximum atomic E-state index is 12.0. The van der Waals surface area contributed by atoms with Gasteiger partial charge in [0.1, 0.15) is 6.61 Å². The van der Waals surface area contributed by atoms with Crippen LogP contribution < -0.4 is 5.73 Å². The van der Waals surface area contributed by atoms with Crippen LogP contribution >= 0.6 is 0 Å². The van der Waals surface area contributed by atoms with E-state index in [1.807, 2.05) is 30.9 Å². The minimum Gasteiger partial charge on any atom is -0.398 e. The second-order valence-corrected chi connectivity index (χ2v) is 4.91. The van der Waals surface area contributed by atoms with Crippen molar-refractivity contribution in [3.05, 3.63) is 29.3 Å². The van der Waals surface area contributed by atoms with E-state index in [-0.39, 0.29) is 18.6 Å². The van der Waals surface area contributed by atoms with Gasteiger partial charge in [0.25, 0.3) is 0 Å². The summed E-state index contributed by atoms with van der Waals surface area (Å²) in [6, 6.07) is 5.93. The van der Waals surface area contributed by atoms with Gasteiger partial charge in [0.2, 0.25) is 5.91 Å². The predicted molar refractivity (Wildman–Crippen MR) is 71.1 cm³/mol. The minimum absolute atomic E-state index is 0.0394. The van der Waals surface area contributed by atoms with Gasteiger partial charge >= 0.3 is 0 Å². The van der Waals surface area contributed by atoms with E-state index in [1.165, 1.54) is 5.56 Å². The first kappa shape index (κ1) is 12.9. The zero-order valence-corrected chi connectivity index (χ0v) is 11.0. The van der Waals surface area contributed by atoms with E-state index in [4.69, 9.17) is 10.5 Å². The van der Waals surface area contributed by atoms with E-state index in [1.54, 1.807) is 0 Å². The molecule has 0 saturated heterocycles. The van der Waals surface area contributed by atoms with Gasteiger partial charge in [-0.25, -0.2) is 0 Å². The molecule has 4 heteroatoms. The first-order chi connectivity index (χ1) is 8.58. The number of hydrogen-bond donors (Lipinski definition) is 1. The smallest absolute Gasteiger partial charge is 0.248 e.